The molecule has 1 aliphatic heterocycles. The molecule has 0 radical (unpaired) electrons. The molecule has 178 valence electrons. The molecule has 9 nitrogen and oxygen atoms in total. The molecule has 1 fully saturated rings. The Morgan fingerprint density at radius 2 is 1.52 bits per heavy atom. The summed E-state index contributed by atoms with van der Waals surface area (Å²) >= 11 is 0. The van der Waals surface area contributed by atoms with Crippen molar-refractivity contribution in [2.45, 2.75) is 110 Å². The molecule has 31 heavy (non-hydrogen) atoms. The lowest BCUT2D eigenvalue weighted by Gasteiger charge is -2.31. The van der Waals surface area contributed by atoms with Crippen molar-refractivity contribution < 1.29 is 33.5 Å². The third kappa shape index (κ3) is 11.1. The van der Waals surface area contributed by atoms with Gasteiger partial charge in [-0.2, -0.15) is 0 Å². The molecule has 1 saturated heterocycles. The van der Waals surface area contributed by atoms with E-state index in [1.807, 2.05) is 48.5 Å². The summed E-state index contributed by atoms with van der Waals surface area (Å²) in [5.41, 5.74) is -1.43. The Morgan fingerprint density at radius 1 is 0.935 bits per heavy atom. The number of hydrogen-bond acceptors (Lipinski definition) is 7. The summed E-state index contributed by atoms with van der Waals surface area (Å²) in [6.45, 7) is 13.7. The van der Waals surface area contributed by atoms with E-state index in [4.69, 9.17) is 14.3 Å². The van der Waals surface area contributed by atoms with E-state index in [-0.39, 0.29) is 19.3 Å². The maximum absolute atomic E-state index is 12.0. The number of hydroxylamine groups is 2. The van der Waals surface area contributed by atoms with E-state index in [9.17, 15) is 19.2 Å². The van der Waals surface area contributed by atoms with E-state index in [1.54, 1.807) is 0 Å². The van der Waals surface area contributed by atoms with Gasteiger partial charge in [-0.05, 0) is 67.7 Å². The molecule has 0 aromatic heterocycles. The Balaban J connectivity index is 2.26. The van der Waals surface area contributed by atoms with Gasteiger partial charge in [0.2, 0.25) is 0 Å². The van der Waals surface area contributed by atoms with E-state index in [0.29, 0.717) is 24.5 Å². The van der Waals surface area contributed by atoms with Gasteiger partial charge in [-0.1, -0.05) is 6.42 Å². The summed E-state index contributed by atoms with van der Waals surface area (Å²) in [5.74, 6) is -1.54. The molecule has 1 heterocycles. The molecule has 0 atom stereocenters. The molecular weight excluding hydrogens is 404 g/mol. The van der Waals surface area contributed by atoms with Gasteiger partial charge in [0.25, 0.3) is 11.8 Å². The molecule has 0 spiro atoms. The monoisotopic (exact) mass is 442 g/mol. The van der Waals surface area contributed by atoms with Crippen molar-refractivity contribution in [1.82, 2.24) is 10.4 Å². The minimum atomic E-state index is -0.586. The predicted octanol–water partition coefficient (Wildman–Crippen LogP) is 3.64. The van der Waals surface area contributed by atoms with Gasteiger partial charge in [-0.3, -0.25) is 9.59 Å². The lowest BCUT2D eigenvalue weighted by atomic mass is 9.99. The first-order valence-corrected chi connectivity index (χ1v) is 10.8. The lowest BCUT2D eigenvalue weighted by Crippen LogP contribution is -2.46. The summed E-state index contributed by atoms with van der Waals surface area (Å²) < 4.78 is 11.3. The van der Waals surface area contributed by atoms with E-state index < -0.39 is 40.6 Å². The van der Waals surface area contributed by atoms with Crippen LogP contribution in [-0.2, 0) is 28.7 Å². The van der Waals surface area contributed by atoms with Gasteiger partial charge in [0.1, 0.15) is 5.60 Å². The van der Waals surface area contributed by atoms with Gasteiger partial charge < -0.3 is 19.6 Å². The number of rotatable bonds is 11. The number of nitrogens with one attached hydrogen (secondary N) is 1. The number of unbranched alkanes of at least 4 members (excludes halogenated alkanes) is 1. The highest BCUT2D eigenvalue weighted by Gasteiger charge is 2.32. The highest BCUT2D eigenvalue weighted by molar-refractivity contribution is 6.01. The maximum atomic E-state index is 12.0. The first kappa shape index (κ1) is 26.9. The van der Waals surface area contributed by atoms with Gasteiger partial charge in [0.05, 0.1) is 5.60 Å². The summed E-state index contributed by atoms with van der Waals surface area (Å²) in [6, 6.07) is 0. The summed E-state index contributed by atoms with van der Waals surface area (Å²) in [7, 11) is 0. The van der Waals surface area contributed by atoms with Crippen LogP contribution in [0.2, 0.25) is 0 Å². The quantitative estimate of drug-likeness (QED) is 0.384. The predicted molar refractivity (Wildman–Crippen MR) is 114 cm³/mol. The van der Waals surface area contributed by atoms with Crippen molar-refractivity contribution in [3.05, 3.63) is 0 Å². The third-order valence-corrected chi connectivity index (χ3v) is 4.67. The van der Waals surface area contributed by atoms with E-state index in [2.05, 4.69) is 5.32 Å². The molecule has 0 aliphatic carbocycles. The van der Waals surface area contributed by atoms with Crippen LogP contribution in [0.1, 0.15) is 93.4 Å². The number of imide groups is 1. The molecule has 1 aliphatic rings. The summed E-state index contributed by atoms with van der Waals surface area (Å²) in [4.78, 5) is 51.5. The zero-order valence-electron chi connectivity index (χ0n) is 20.0. The second-order valence-electron chi connectivity index (χ2n) is 10.1. The molecule has 0 aromatic rings. The van der Waals surface area contributed by atoms with Crippen LogP contribution in [0.5, 0.6) is 0 Å². The van der Waals surface area contributed by atoms with Gasteiger partial charge in [-0.15, -0.1) is 5.06 Å². The summed E-state index contributed by atoms with van der Waals surface area (Å²) in [5, 5.41) is 3.43. The Kier molecular flexibility index (Phi) is 9.47. The number of carbonyl (C=O) groups excluding carboxylic acids is 4. The van der Waals surface area contributed by atoms with Crippen LogP contribution >= 0.6 is 0 Å². The van der Waals surface area contributed by atoms with Crippen LogP contribution < -0.4 is 5.32 Å². The molecule has 0 aromatic carbocycles. The van der Waals surface area contributed by atoms with Crippen molar-refractivity contribution in [1.29, 1.82) is 0 Å². The number of carbonyl (C=O) groups is 4. The Hall–Kier alpha value is -2.16. The first-order valence-electron chi connectivity index (χ1n) is 10.8. The molecular formula is C22H38N2O7. The van der Waals surface area contributed by atoms with E-state index >= 15 is 0 Å². The van der Waals surface area contributed by atoms with E-state index in [1.165, 1.54) is 0 Å². The van der Waals surface area contributed by atoms with Crippen LogP contribution in [0.4, 0.5) is 4.79 Å². The average Bonchev–Trinajstić information content (AvgIpc) is 2.88. The fourth-order valence-electron chi connectivity index (χ4n) is 2.92. The number of nitrogens with zero attached hydrogens (tertiary/aromatic N) is 1. The normalized spacial score (nSPS) is 15.3. The smallest absolute Gasteiger partial charge is 0.408 e. The molecule has 0 bridgehead atoms. The van der Waals surface area contributed by atoms with Crippen LogP contribution in [0.25, 0.3) is 0 Å². The third-order valence-electron chi connectivity index (χ3n) is 4.67. The zero-order valence-corrected chi connectivity index (χ0v) is 20.0. The van der Waals surface area contributed by atoms with Crippen molar-refractivity contribution in [2.24, 2.45) is 0 Å². The van der Waals surface area contributed by atoms with Gasteiger partial charge in [0.15, 0.2) is 0 Å². The fraction of sp³-hybridized carbons (Fsp3) is 0.818. The van der Waals surface area contributed by atoms with Crippen LogP contribution in [0.15, 0.2) is 0 Å². The molecule has 3 amide bonds. The van der Waals surface area contributed by atoms with Crippen LogP contribution in [0, 0.1) is 0 Å². The fourth-order valence-corrected chi connectivity index (χ4v) is 2.92. The maximum Gasteiger partial charge on any atom is 0.408 e. The molecule has 1 N–H and O–H groups in total. The Bertz CT molecular complexity index is 649. The average molecular weight is 443 g/mol. The van der Waals surface area contributed by atoms with Gasteiger partial charge >= 0.3 is 12.1 Å². The second kappa shape index (κ2) is 10.9. The number of hydrogen-bond donors (Lipinski definition) is 1. The summed E-state index contributed by atoms with van der Waals surface area (Å²) in [6.07, 6.45) is 2.46. The van der Waals surface area contributed by atoms with Crippen molar-refractivity contribution in [3.63, 3.8) is 0 Å². The van der Waals surface area contributed by atoms with Crippen LogP contribution in [-0.4, -0.2) is 52.3 Å². The zero-order chi connectivity index (χ0) is 23.9. The number of amides is 3. The molecule has 0 unspecified atom stereocenters. The standard InChI is InChI=1S/C22H38N2O7/c1-20(2,3)30-19(28)23-21(4,5)14-15-29-22(6,7)13-9-8-10-18(27)31-24-16(25)11-12-17(24)26/h8-15H2,1-7H3,(H,23,28). The van der Waals surface area contributed by atoms with Crippen molar-refractivity contribution in [3.8, 4) is 0 Å². The second-order valence-corrected chi connectivity index (χ2v) is 10.1. The van der Waals surface area contributed by atoms with Crippen LogP contribution in [0.3, 0.4) is 0 Å². The molecule has 9 heteroatoms. The van der Waals surface area contributed by atoms with Gasteiger partial charge in [-0.25, -0.2) is 9.59 Å². The molecule has 0 saturated carbocycles. The van der Waals surface area contributed by atoms with Crippen molar-refractivity contribution >= 4 is 23.9 Å². The highest BCUT2D eigenvalue weighted by atomic mass is 16.7. The minimum Gasteiger partial charge on any atom is -0.444 e. The number of alkyl carbamates (subject to hydrolysis) is 1. The van der Waals surface area contributed by atoms with Crippen molar-refractivity contribution in [2.75, 3.05) is 6.61 Å². The largest absolute Gasteiger partial charge is 0.444 e. The number of ether oxygens (including phenoxy) is 2. The SMILES string of the molecule is CC(C)(CCOC(C)(C)CCCCC(=O)ON1C(=O)CCC1=O)NC(=O)OC(C)(C)C. The first-order chi connectivity index (χ1) is 14.1. The van der Waals surface area contributed by atoms with E-state index in [0.717, 1.165) is 12.8 Å². The highest BCUT2D eigenvalue weighted by Crippen LogP contribution is 2.21. The Labute approximate surface area is 185 Å². The lowest BCUT2D eigenvalue weighted by molar-refractivity contribution is -0.197. The topological polar surface area (TPSA) is 111 Å². The minimum absolute atomic E-state index is 0.0851. The molecule has 1 rings (SSSR count). The van der Waals surface area contributed by atoms with Gasteiger partial charge in [0, 0.05) is 31.4 Å². The Morgan fingerprint density at radius 3 is 2.06 bits per heavy atom.